The highest BCUT2D eigenvalue weighted by Gasteiger charge is 2.26. The fourth-order valence-corrected chi connectivity index (χ4v) is 7.05. The zero-order valence-electron chi connectivity index (χ0n) is 21.2. The van der Waals surface area contributed by atoms with Crippen molar-refractivity contribution in [2.24, 2.45) is 17.4 Å². The van der Waals surface area contributed by atoms with E-state index in [0.29, 0.717) is 18.6 Å². The van der Waals surface area contributed by atoms with Crippen molar-refractivity contribution in [2.45, 2.75) is 25.5 Å². The minimum Gasteiger partial charge on any atom is -0.506 e. The molecule has 0 heterocycles. The number of hydrogen-bond donors (Lipinski definition) is 5. The summed E-state index contributed by atoms with van der Waals surface area (Å²) in [6, 6.07) is 15.4. The number of aliphatic carboxylic acids is 2. The first-order chi connectivity index (χ1) is 19.3. The molecule has 220 valence electrons. The molecular formula is C27H26I4N2O8. The van der Waals surface area contributed by atoms with Crippen LogP contribution < -0.4 is 16.2 Å². The molecule has 0 bridgehead atoms. The lowest BCUT2D eigenvalue weighted by molar-refractivity contribution is -0.159. The smallest absolute Gasteiger partial charge is 0.320 e. The summed E-state index contributed by atoms with van der Waals surface area (Å²) in [6.07, 6.45) is 0.347. The van der Waals surface area contributed by atoms with Crippen LogP contribution in [0.2, 0.25) is 0 Å². The number of rotatable bonds is 11. The molecule has 10 nitrogen and oxygen atoms in total. The number of carbonyl (C=O) groups excluding carboxylic acids is 1. The molecule has 0 fully saturated rings. The average molecular weight is 1010 g/mol. The zero-order chi connectivity index (χ0) is 30.7. The lowest BCUT2D eigenvalue weighted by Crippen LogP contribution is -2.32. The van der Waals surface area contributed by atoms with Gasteiger partial charge < -0.3 is 36.3 Å². The van der Waals surface area contributed by atoms with Crippen molar-refractivity contribution in [3.05, 3.63) is 80.0 Å². The van der Waals surface area contributed by atoms with Crippen molar-refractivity contribution in [1.82, 2.24) is 0 Å². The maximum atomic E-state index is 11.5. The highest BCUT2D eigenvalue weighted by atomic mass is 127. The Morgan fingerprint density at radius 2 is 1.39 bits per heavy atom. The highest BCUT2D eigenvalue weighted by Crippen LogP contribution is 2.37. The van der Waals surface area contributed by atoms with Gasteiger partial charge in [0, 0.05) is 0 Å². The number of nitrogens with two attached hydrogens (primary N) is 2. The molecule has 0 aliphatic rings. The second-order valence-electron chi connectivity index (χ2n) is 8.44. The number of halogens is 4. The molecule has 3 rings (SSSR count). The van der Waals surface area contributed by atoms with E-state index in [9.17, 15) is 19.5 Å². The quantitative estimate of drug-likeness (QED) is 0.0957. The van der Waals surface area contributed by atoms with Crippen LogP contribution >= 0.6 is 90.4 Å². The molecule has 0 saturated heterocycles. The highest BCUT2D eigenvalue weighted by molar-refractivity contribution is 14.1. The number of carboxylic acid groups (broad SMARTS) is 2. The molecule has 14 heteroatoms. The number of carboxylic acids is 2. The third-order valence-corrected chi connectivity index (χ3v) is 8.55. The first-order valence-corrected chi connectivity index (χ1v) is 16.1. The van der Waals surface area contributed by atoms with Gasteiger partial charge in [-0.25, -0.2) is 0 Å². The second-order valence-corrected chi connectivity index (χ2v) is 13.1. The lowest BCUT2D eigenvalue weighted by atomic mass is 10.1. The number of phenols is 1. The molecule has 0 amide bonds. The maximum Gasteiger partial charge on any atom is 0.320 e. The van der Waals surface area contributed by atoms with Gasteiger partial charge in [-0.2, -0.15) is 0 Å². The van der Waals surface area contributed by atoms with Crippen LogP contribution in [0.5, 0.6) is 17.2 Å². The van der Waals surface area contributed by atoms with Crippen molar-refractivity contribution < 1.29 is 39.2 Å². The van der Waals surface area contributed by atoms with Crippen LogP contribution in [0.25, 0.3) is 0 Å². The monoisotopic (exact) mass is 1010 g/mol. The Morgan fingerprint density at radius 1 is 0.829 bits per heavy atom. The largest absolute Gasteiger partial charge is 0.506 e. The van der Waals surface area contributed by atoms with Crippen molar-refractivity contribution in [3.8, 4) is 17.2 Å². The van der Waals surface area contributed by atoms with Crippen LogP contribution in [0.4, 0.5) is 0 Å². The minimum atomic E-state index is -1.20. The van der Waals surface area contributed by atoms with Gasteiger partial charge in [-0.15, -0.1) is 0 Å². The van der Waals surface area contributed by atoms with Gasteiger partial charge in [-0.3, -0.25) is 14.4 Å². The van der Waals surface area contributed by atoms with E-state index in [-0.39, 0.29) is 31.7 Å². The number of benzene rings is 3. The number of esters is 1. The van der Waals surface area contributed by atoms with Gasteiger partial charge in [0.2, 0.25) is 0 Å². The standard InChI is InChI=1S/C15H11I4NO4.C12H15NO4/c16-8-4-7(5-9(17)13(8)21)24-14-10(18)1-6(2-11(14)19)3-12(20)15(22)23;13-7-6-10(11(14)15)12(16)17-8-9-4-2-1-3-5-9/h1-2,4-5,12,21H,3,20H2,(H,22,23);1-5,10H,6-8,13H2,(H,14,15). The normalized spacial score (nSPS) is 12.0. The average Bonchev–Trinajstić information content (AvgIpc) is 2.91. The van der Waals surface area contributed by atoms with Gasteiger partial charge >= 0.3 is 17.9 Å². The van der Waals surface area contributed by atoms with Crippen molar-refractivity contribution in [3.63, 3.8) is 0 Å². The first kappa shape index (κ1) is 35.7. The van der Waals surface area contributed by atoms with Crippen LogP contribution in [0.15, 0.2) is 54.6 Å². The van der Waals surface area contributed by atoms with Crippen LogP contribution in [0.3, 0.4) is 0 Å². The Hall–Kier alpha value is -1.49. The van der Waals surface area contributed by atoms with Gasteiger partial charge in [0.25, 0.3) is 0 Å². The lowest BCUT2D eigenvalue weighted by Gasteiger charge is -2.14. The van der Waals surface area contributed by atoms with Crippen molar-refractivity contribution >= 4 is 108 Å². The molecular weight excluding hydrogens is 988 g/mol. The Kier molecular flexibility index (Phi) is 15.3. The summed E-state index contributed by atoms with van der Waals surface area (Å²) in [7, 11) is 0. The fraction of sp³-hybridized carbons (Fsp3) is 0.222. The third kappa shape index (κ3) is 11.6. The summed E-state index contributed by atoms with van der Waals surface area (Å²) in [4.78, 5) is 33.2. The maximum absolute atomic E-state index is 11.5. The summed E-state index contributed by atoms with van der Waals surface area (Å²) in [6.45, 7) is 0.214. The topological polar surface area (TPSA) is 182 Å². The van der Waals surface area contributed by atoms with E-state index in [1.807, 2.05) is 30.3 Å². The fourth-order valence-electron chi connectivity index (χ4n) is 3.23. The molecule has 2 unspecified atom stereocenters. The Labute approximate surface area is 291 Å². The summed E-state index contributed by atoms with van der Waals surface area (Å²) in [5.41, 5.74) is 12.5. The SMILES string of the molecule is NC(Cc1cc(I)c(Oc2cc(I)c(O)c(I)c2)c(I)c1)C(=O)O.NCCC(C(=O)O)C(=O)OCc1ccccc1. The molecule has 0 spiro atoms. The molecule has 0 aliphatic carbocycles. The minimum absolute atomic E-state index is 0.0774. The van der Waals surface area contributed by atoms with E-state index in [1.165, 1.54) is 0 Å². The molecule has 2 atom stereocenters. The predicted molar refractivity (Wildman–Crippen MR) is 186 cm³/mol. The molecule has 7 N–H and O–H groups in total. The van der Waals surface area contributed by atoms with E-state index in [2.05, 4.69) is 90.4 Å². The molecule has 0 saturated carbocycles. The van der Waals surface area contributed by atoms with Gasteiger partial charge in [-0.1, -0.05) is 30.3 Å². The van der Waals surface area contributed by atoms with Crippen molar-refractivity contribution in [2.75, 3.05) is 6.54 Å². The zero-order valence-corrected chi connectivity index (χ0v) is 29.9. The summed E-state index contributed by atoms with van der Waals surface area (Å²) < 4.78 is 14.1. The van der Waals surface area contributed by atoms with Crippen molar-refractivity contribution in [1.29, 1.82) is 0 Å². The second kappa shape index (κ2) is 17.6. The third-order valence-electron chi connectivity index (χ3n) is 5.30. The molecule has 3 aromatic carbocycles. The van der Waals surface area contributed by atoms with Crippen LogP contribution in [0.1, 0.15) is 17.5 Å². The van der Waals surface area contributed by atoms with Gasteiger partial charge in [-0.05, 0) is 145 Å². The van der Waals surface area contributed by atoms with Gasteiger partial charge in [0.05, 0.1) is 14.3 Å². The Bertz CT molecular complexity index is 1330. The van der Waals surface area contributed by atoms with E-state index < -0.39 is 29.9 Å². The first-order valence-electron chi connectivity index (χ1n) is 11.8. The summed E-state index contributed by atoms with van der Waals surface area (Å²) in [5, 5.41) is 27.6. The van der Waals surface area contributed by atoms with Crippen LogP contribution in [0, 0.1) is 20.2 Å². The molecule has 0 radical (unpaired) electrons. The summed E-state index contributed by atoms with van der Waals surface area (Å²) in [5.74, 6) is -2.57. The predicted octanol–water partition coefficient (Wildman–Crippen LogP) is 5.34. The number of phenolic OH excluding ortho intramolecular Hbond substituents is 1. The van der Waals surface area contributed by atoms with Gasteiger partial charge in [0.1, 0.15) is 24.1 Å². The van der Waals surface area contributed by atoms with E-state index in [1.54, 1.807) is 24.3 Å². The number of ether oxygens (including phenoxy) is 2. The molecule has 3 aromatic rings. The van der Waals surface area contributed by atoms with Crippen LogP contribution in [-0.2, 0) is 32.1 Å². The van der Waals surface area contributed by atoms with Gasteiger partial charge in [0.15, 0.2) is 11.7 Å². The van der Waals surface area contributed by atoms with Crippen LogP contribution in [-0.4, -0.2) is 45.8 Å². The Morgan fingerprint density at radius 3 is 1.88 bits per heavy atom. The van der Waals surface area contributed by atoms with E-state index >= 15 is 0 Å². The van der Waals surface area contributed by atoms with E-state index in [0.717, 1.165) is 18.3 Å². The summed E-state index contributed by atoms with van der Waals surface area (Å²) >= 11 is 8.42. The number of carbonyl (C=O) groups is 3. The number of hydrogen-bond acceptors (Lipinski definition) is 8. The van der Waals surface area contributed by atoms with E-state index in [4.69, 9.17) is 31.2 Å². The number of aromatic hydroxyl groups is 1. The Balaban J connectivity index is 0.000000305. The molecule has 41 heavy (non-hydrogen) atoms. The molecule has 0 aliphatic heterocycles. The molecule has 0 aromatic heterocycles.